The van der Waals surface area contributed by atoms with Gasteiger partial charge in [0.05, 0.1) is 5.56 Å². The summed E-state index contributed by atoms with van der Waals surface area (Å²) in [7, 11) is 3.87. The largest absolute Gasteiger partial charge is 0.416 e. The number of imidazole rings is 1. The van der Waals surface area contributed by atoms with Gasteiger partial charge in [0.15, 0.2) is 10.8 Å². The summed E-state index contributed by atoms with van der Waals surface area (Å²) in [6.07, 6.45) is -2.79. The summed E-state index contributed by atoms with van der Waals surface area (Å²) >= 11 is 1.26. The van der Waals surface area contributed by atoms with Gasteiger partial charge in [-0.2, -0.15) is 13.2 Å². The van der Waals surface area contributed by atoms with Gasteiger partial charge in [-0.05, 0) is 48.0 Å². The number of nitrogens with zero attached hydrogens (tertiary/aromatic N) is 4. The maximum Gasteiger partial charge on any atom is 0.416 e. The minimum Gasteiger partial charge on any atom is -0.378 e. The van der Waals surface area contributed by atoms with Crippen LogP contribution in [-0.2, 0) is 23.3 Å². The molecule has 0 aliphatic rings. The quantitative estimate of drug-likeness (QED) is 0.353. The first kappa shape index (κ1) is 23.6. The maximum atomic E-state index is 13.0. The van der Waals surface area contributed by atoms with Crippen LogP contribution in [0.25, 0.3) is 11.2 Å². The van der Waals surface area contributed by atoms with Gasteiger partial charge in [-0.3, -0.25) is 9.36 Å². The Bertz CT molecular complexity index is 1300. The number of halogens is 3. The van der Waals surface area contributed by atoms with Gasteiger partial charge >= 0.3 is 6.18 Å². The average molecular weight is 486 g/mol. The zero-order valence-corrected chi connectivity index (χ0v) is 19.3. The van der Waals surface area contributed by atoms with E-state index in [1.807, 2.05) is 43.3 Å². The van der Waals surface area contributed by atoms with E-state index in [-0.39, 0.29) is 18.2 Å². The monoisotopic (exact) mass is 485 g/mol. The minimum absolute atomic E-state index is 0.0339. The van der Waals surface area contributed by atoms with E-state index in [0.717, 1.165) is 17.8 Å². The Hall–Kier alpha value is -3.53. The maximum absolute atomic E-state index is 13.0. The van der Waals surface area contributed by atoms with Crippen molar-refractivity contribution in [3.63, 3.8) is 0 Å². The molecule has 34 heavy (non-hydrogen) atoms. The van der Waals surface area contributed by atoms with Gasteiger partial charge in [0.1, 0.15) is 12.1 Å². The van der Waals surface area contributed by atoms with E-state index in [0.29, 0.717) is 27.6 Å². The number of carbonyl (C=O) groups excluding carboxylic acids is 1. The van der Waals surface area contributed by atoms with E-state index in [1.165, 1.54) is 17.8 Å². The Morgan fingerprint density at radius 1 is 1.09 bits per heavy atom. The van der Waals surface area contributed by atoms with Crippen LogP contribution in [0.4, 0.5) is 24.5 Å². The highest BCUT2D eigenvalue weighted by molar-refractivity contribution is 7.98. The number of aromatic nitrogens is 3. The summed E-state index contributed by atoms with van der Waals surface area (Å²) < 4.78 is 40.8. The molecular weight excluding hydrogens is 463 g/mol. The molecule has 0 aliphatic heterocycles. The molecule has 0 radical (unpaired) electrons. The number of amides is 1. The number of hydrogen-bond acceptors (Lipinski definition) is 5. The lowest BCUT2D eigenvalue weighted by Gasteiger charge is -2.13. The predicted molar refractivity (Wildman–Crippen MR) is 128 cm³/mol. The Morgan fingerprint density at radius 3 is 2.56 bits per heavy atom. The molecule has 0 fully saturated rings. The van der Waals surface area contributed by atoms with Crippen LogP contribution < -0.4 is 10.2 Å². The molecule has 0 saturated heterocycles. The summed E-state index contributed by atoms with van der Waals surface area (Å²) in [6, 6.07) is 16.2. The lowest BCUT2D eigenvalue weighted by molar-refractivity contribution is -0.137. The molecule has 2 aromatic carbocycles. The normalized spacial score (nSPS) is 11.6. The third-order valence-electron chi connectivity index (χ3n) is 5.06. The van der Waals surface area contributed by atoms with E-state index < -0.39 is 11.7 Å². The van der Waals surface area contributed by atoms with Crippen molar-refractivity contribution in [2.75, 3.05) is 24.3 Å². The zero-order valence-electron chi connectivity index (χ0n) is 18.5. The number of carbonyl (C=O) groups is 1. The molecule has 0 bridgehead atoms. The second kappa shape index (κ2) is 9.76. The van der Waals surface area contributed by atoms with Crippen LogP contribution in [0, 0.1) is 0 Å². The van der Waals surface area contributed by atoms with Crippen LogP contribution in [-0.4, -0.2) is 34.5 Å². The second-order valence-corrected chi connectivity index (χ2v) is 8.75. The smallest absolute Gasteiger partial charge is 0.378 e. The summed E-state index contributed by atoms with van der Waals surface area (Å²) in [4.78, 5) is 23.6. The Morgan fingerprint density at radius 2 is 1.85 bits per heavy atom. The molecule has 2 aromatic heterocycles. The van der Waals surface area contributed by atoms with Crippen molar-refractivity contribution >= 4 is 40.2 Å². The zero-order chi connectivity index (χ0) is 24.3. The van der Waals surface area contributed by atoms with Gasteiger partial charge in [-0.15, -0.1) is 0 Å². The van der Waals surface area contributed by atoms with Crippen molar-refractivity contribution in [3.8, 4) is 0 Å². The van der Waals surface area contributed by atoms with Gasteiger partial charge in [0.25, 0.3) is 0 Å². The number of thioether (sulfide) groups is 1. The summed E-state index contributed by atoms with van der Waals surface area (Å²) in [5.41, 5.74) is 2.63. The van der Waals surface area contributed by atoms with Crippen LogP contribution in [0.5, 0.6) is 0 Å². The van der Waals surface area contributed by atoms with Crippen LogP contribution in [0.2, 0.25) is 0 Å². The summed E-state index contributed by atoms with van der Waals surface area (Å²) in [6.45, 7) is -0.0339. The van der Waals surface area contributed by atoms with E-state index in [4.69, 9.17) is 0 Å². The first-order valence-corrected chi connectivity index (χ1v) is 11.4. The van der Waals surface area contributed by atoms with Gasteiger partial charge in [-0.1, -0.05) is 30.0 Å². The number of hydrogen-bond donors (Lipinski definition) is 1. The SMILES string of the molecule is CN(C)c1ccc(NC(=O)Cn2c(SCc3cccc(C(F)(F)F)c3)nc3cccnc32)cc1. The first-order chi connectivity index (χ1) is 16.2. The molecule has 4 rings (SSSR count). The fourth-order valence-corrected chi connectivity index (χ4v) is 4.31. The standard InChI is InChI=1S/C24H22F3N5OS/c1-31(2)19-10-8-18(9-11-19)29-21(33)14-32-22-20(7-4-12-28-22)30-23(32)34-15-16-5-3-6-17(13-16)24(25,26)27/h3-13H,14-15H2,1-2H3,(H,29,33). The molecule has 176 valence electrons. The summed E-state index contributed by atoms with van der Waals surface area (Å²) in [5, 5.41) is 3.37. The highest BCUT2D eigenvalue weighted by Crippen LogP contribution is 2.32. The number of alkyl halides is 3. The number of anilines is 2. The molecular formula is C24H22F3N5OS. The number of rotatable bonds is 7. The topological polar surface area (TPSA) is 63.1 Å². The highest BCUT2D eigenvalue weighted by atomic mass is 32.2. The minimum atomic E-state index is -4.40. The molecule has 0 atom stereocenters. The van der Waals surface area contributed by atoms with Gasteiger partial charge in [-0.25, -0.2) is 9.97 Å². The van der Waals surface area contributed by atoms with Gasteiger partial charge in [0, 0.05) is 37.4 Å². The van der Waals surface area contributed by atoms with Gasteiger partial charge in [0.2, 0.25) is 5.91 Å². The van der Waals surface area contributed by atoms with Crippen LogP contribution in [0.1, 0.15) is 11.1 Å². The van der Waals surface area contributed by atoms with E-state index in [9.17, 15) is 18.0 Å². The third-order valence-corrected chi connectivity index (χ3v) is 6.11. The highest BCUT2D eigenvalue weighted by Gasteiger charge is 2.30. The van der Waals surface area contributed by atoms with Crippen molar-refractivity contribution in [3.05, 3.63) is 78.0 Å². The molecule has 0 unspecified atom stereocenters. The Labute approximate surface area is 198 Å². The first-order valence-electron chi connectivity index (χ1n) is 10.4. The molecule has 0 saturated carbocycles. The summed E-state index contributed by atoms with van der Waals surface area (Å²) in [5.74, 6) is 0.00407. The molecule has 1 amide bonds. The lowest BCUT2D eigenvalue weighted by Crippen LogP contribution is -2.19. The van der Waals surface area contributed by atoms with Crippen molar-refractivity contribution in [1.29, 1.82) is 0 Å². The van der Waals surface area contributed by atoms with Crippen molar-refractivity contribution in [2.45, 2.75) is 23.6 Å². The van der Waals surface area contributed by atoms with Crippen molar-refractivity contribution in [1.82, 2.24) is 14.5 Å². The molecule has 2 heterocycles. The van der Waals surface area contributed by atoms with E-state index in [2.05, 4.69) is 15.3 Å². The van der Waals surface area contributed by atoms with Crippen LogP contribution >= 0.6 is 11.8 Å². The van der Waals surface area contributed by atoms with E-state index >= 15 is 0 Å². The number of benzene rings is 2. The molecule has 0 spiro atoms. The number of pyridine rings is 1. The lowest BCUT2D eigenvalue weighted by atomic mass is 10.1. The molecule has 0 aliphatic carbocycles. The van der Waals surface area contributed by atoms with Crippen LogP contribution in [0.15, 0.2) is 72.0 Å². The van der Waals surface area contributed by atoms with Gasteiger partial charge < -0.3 is 10.2 Å². The molecule has 6 nitrogen and oxygen atoms in total. The second-order valence-electron chi connectivity index (χ2n) is 7.80. The Balaban J connectivity index is 1.53. The molecule has 1 N–H and O–H groups in total. The fraction of sp³-hybridized carbons (Fsp3) is 0.208. The van der Waals surface area contributed by atoms with Crippen molar-refractivity contribution < 1.29 is 18.0 Å². The Kier molecular flexibility index (Phi) is 6.78. The molecule has 10 heteroatoms. The average Bonchev–Trinajstić information content (AvgIpc) is 3.15. The number of fused-ring (bicyclic) bond motifs is 1. The van der Waals surface area contributed by atoms with Crippen molar-refractivity contribution in [2.24, 2.45) is 0 Å². The molecule has 4 aromatic rings. The van der Waals surface area contributed by atoms with Crippen LogP contribution in [0.3, 0.4) is 0 Å². The fourth-order valence-electron chi connectivity index (χ4n) is 3.36. The number of nitrogens with one attached hydrogen (secondary N) is 1. The predicted octanol–water partition coefficient (Wildman–Crippen LogP) is 5.45. The van der Waals surface area contributed by atoms with E-state index in [1.54, 1.807) is 29.0 Å². The third kappa shape index (κ3) is 5.51.